The van der Waals surface area contributed by atoms with Gasteiger partial charge in [-0.2, -0.15) is 0 Å². The Balaban J connectivity index is 2.12. The summed E-state index contributed by atoms with van der Waals surface area (Å²) < 4.78 is 0. The van der Waals surface area contributed by atoms with Crippen LogP contribution in [0, 0.1) is 6.92 Å². The number of likely N-dealkylation sites (N-methyl/N-ethyl adjacent to an activating group) is 1. The normalized spacial score (nSPS) is 23.4. The van der Waals surface area contributed by atoms with Gasteiger partial charge in [-0.25, -0.2) is 4.98 Å². The van der Waals surface area contributed by atoms with Crippen molar-refractivity contribution < 1.29 is 4.79 Å². The maximum Gasteiger partial charge on any atom is 0.249 e. The Morgan fingerprint density at radius 1 is 1.41 bits per heavy atom. The number of nitrogens with zero attached hydrogens (tertiary/aromatic N) is 3. The van der Waals surface area contributed by atoms with Crippen LogP contribution in [0.15, 0.2) is 12.3 Å². The molecule has 0 aliphatic carbocycles. The third kappa shape index (κ3) is 1.51. The average molecular weight is 231 g/mol. The van der Waals surface area contributed by atoms with E-state index in [1.165, 1.54) is 0 Å². The molecule has 1 atom stereocenters. The molecule has 0 spiro atoms. The predicted octanol–water partition coefficient (Wildman–Crippen LogP) is 1.73. The van der Waals surface area contributed by atoms with Crippen LogP contribution in [0.5, 0.6) is 0 Å². The zero-order valence-corrected chi connectivity index (χ0v) is 10.3. The van der Waals surface area contributed by atoms with Gasteiger partial charge in [-0.3, -0.25) is 4.79 Å². The molecule has 1 fully saturated rings. The second kappa shape index (κ2) is 3.72. The van der Waals surface area contributed by atoms with E-state index in [9.17, 15) is 4.79 Å². The van der Waals surface area contributed by atoms with E-state index >= 15 is 0 Å². The largest absolute Gasteiger partial charge is 0.343 e. The molecule has 2 aliphatic heterocycles. The Labute approximate surface area is 101 Å². The molecular weight excluding hydrogens is 214 g/mol. The van der Waals surface area contributed by atoms with Crippen molar-refractivity contribution in [3.8, 4) is 0 Å². The van der Waals surface area contributed by atoms with Crippen molar-refractivity contribution in [3.05, 3.63) is 17.8 Å². The number of aromatic nitrogens is 1. The second-order valence-electron chi connectivity index (χ2n) is 4.96. The average Bonchev–Trinajstić information content (AvgIpc) is 2.36. The summed E-state index contributed by atoms with van der Waals surface area (Å²) in [5.74, 6) is 1.19. The molecule has 4 nitrogen and oxygen atoms in total. The molecule has 17 heavy (non-hydrogen) atoms. The van der Waals surface area contributed by atoms with Gasteiger partial charge in [-0.05, 0) is 37.8 Å². The van der Waals surface area contributed by atoms with Crippen molar-refractivity contribution >= 4 is 17.4 Å². The van der Waals surface area contributed by atoms with E-state index in [2.05, 4.69) is 9.88 Å². The van der Waals surface area contributed by atoms with Gasteiger partial charge in [0.2, 0.25) is 5.91 Å². The van der Waals surface area contributed by atoms with Crippen LogP contribution in [0.25, 0.3) is 0 Å². The SMILES string of the molecule is Cc1cnc2c(c1)N(C)C(=O)C1CCCCN21. The highest BCUT2D eigenvalue weighted by molar-refractivity contribution is 6.04. The van der Waals surface area contributed by atoms with Crippen molar-refractivity contribution in [1.29, 1.82) is 0 Å². The number of fused-ring (bicyclic) bond motifs is 3. The summed E-state index contributed by atoms with van der Waals surface area (Å²) >= 11 is 0. The number of hydrogen-bond acceptors (Lipinski definition) is 3. The summed E-state index contributed by atoms with van der Waals surface area (Å²) in [6.07, 6.45) is 5.14. The first-order valence-corrected chi connectivity index (χ1v) is 6.19. The number of aryl methyl sites for hydroxylation is 1. The molecule has 3 heterocycles. The first-order chi connectivity index (χ1) is 8.18. The van der Waals surface area contributed by atoms with Gasteiger partial charge in [0.05, 0.1) is 5.69 Å². The maximum absolute atomic E-state index is 12.3. The lowest BCUT2D eigenvalue weighted by Crippen LogP contribution is -2.54. The van der Waals surface area contributed by atoms with E-state index < -0.39 is 0 Å². The minimum atomic E-state index is 0.0106. The van der Waals surface area contributed by atoms with Gasteiger partial charge in [0, 0.05) is 19.8 Å². The molecule has 1 aromatic rings. The number of hydrogen-bond donors (Lipinski definition) is 0. The second-order valence-corrected chi connectivity index (χ2v) is 4.96. The van der Waals surface area contributed by atoms with Gasteiger partial charge < -0.3 is 9.80 Å². The molecule has 3 rings (SSSR count). The number of carbonyl (C=O) groups excluding carboxylic acids is 1. The van der Waals surface area contributed by atoms with Crippen molar-refractivity contribution in [1.82, 2.24) is 4.98 Å². The lowest BCUT2D eigenvalue weighted by Gasteiger charge is -2.43. The number of carbonyl (C=O) groups is 1. The van der Waals surface area contributed by atoms with E-state index in [1.54, 1.807) is 4.90 Å². The summed E-state index contributed by atoms with van der Waals surface area (Å²) in [7, 11) is 1.86. The van der Waals surface area contributed by atoms with Crippen molar-refractivity contribution in [2.24, 2.45) is 0 Å². The number of piperidine rings is 1. The lowest BCUT2D eigenvalue weighted by atomic mass is 9.98. The van der Waals surface area contributed by atoms with Crippen molar-refractivity contribution in [3.63, 3.8) is 0 Å². The summed E-state index contributed by atoms with van der Waals surface area (Å²) in [6.45, 7) is 2.96. The molecule has 1 saturated heterocycles. The summed E-state index contributed by atoms with van der Waals surface area (Å²) in [4.78, 5) is 20.8. The predicted molar refractivity (Wildman–Crippen MR) is 67.4 cm³/mol. The molecule has 0 aromatic carbocycles. The van der Waals surface area contributed by atoms with E-state index in [-0.39, 0.29) is 11.9 Å². The highest BCUT2D eigenvalue weighted by atomic mass is 16.2. The Bertz CT molecular complexity index is 472. The van der Waals surface area contributed by atoms with Crippen LogP contribution >= 0.6 is 0 Å². The van der Waals surface area contributed by atoms with E-state index in [1.807, 2.05) is 26.2 Å². The molecular formula is C13H17N3O. The van der Waals surface area contributed by atoms with Gasteiger partial charge in [0.25, 0.3) is 0 Å². The minimum absolute atomic E-state index is 0.0106. The summed E-state index contributed by atoms with van der Waals surface area (Å²) in [5.41, 5.74) is 2.05. The topological polar surface area (TPSA) is 36.4 Å². The molecule has 1 amide bonds. The van der Waals surface area contributed by atoms with Crippen LogP contribution in [-0.4, -0.2) is 30.5 Å². The van der Waals surface area contributed by atoms with E-state index in [0.29, 0.717) is 0 Å². The van der Waals surface area contributed by atoms with Gasteiger partial charge in [-0.15, -0.1) is 0 Å². The number of anilines is 2. The van der Waals surface area contributed by atoms with Crippen molar-refractivity contribution in [2.75, 3.05) is 23.4 Å². The molecule has 1 aromatic heterocycles. The fourth-order valence-corrected chi connectivity index (χ4v) is 2.80. The third-order valence-corrected chi connectivity index (χ3v) is 3.74. The quantitative estimate of drug-likeness (QED) is 0.682. The van der Waals surface area contributed by atoms with Crippen LogP contribution in [0.1, 0.15) is 24.8 Å². The van der Waals surface area contributed by atoms with Crippen LogP contribution in [0.4, 0.5) is 11.5 Å². The third-order valence-electron chi connectivity index (χ3n) is 3.74. The molecule has 0 radical (unpaired) electrons. The maximum atomic E-state index is 12.3. The Kier molecular flexibility index (Phi) is 2.31. The lowest BCUT2D eigenvalue weighted by molar-refractivity contribution is -0.120. The minimum Gasteiger partial charge on any atom is -0.343 e. The molecule has 2 aliphatic rings. The smallest absolute Gasteiger partial charge is 0.249 e. The first kappa shape index (κ1) is 10.6. The summed E-state index contributed by atoms with van der Waals surface area (Å²) in [5, 5.41) is 0. The molecule has 0 saturated carbocycles. The van der Waals surface area contributed by atoms with Gasteiger partial charge in [0.1, 0.15) is 6.04 Å². The Morgan fingerprint density at radius 2 is 2.24 bits per heavy atom. The van der Waals surface area contributed by atoms with Crippen LogP contribution in [0.2, 0.25) is 0 Å². The van der Waals surface area contributed by atoms with Crippen LogP contribution < -0.4 is 9.80 Å². The van der Waals surface area contributed by atoms with Gasteiger partial charge in [-0.1, -0.05) is 0 Å². The molecule has 0 N–H and O–H groups in total. The monoisotopic (exact) mass is 231 g/mol. The molecule has 90 valence electrons. The fourth-order valence-electron chi connectivity index (χ4n) is 2.80. The Morgan fingerprint density at radius 3 is 3.06 bits per heavy atom. The van der Waals surface area contributed by atoms with Gasteiger partial charge >= 0.3 is 0 Å². The zero-order valence-electron chi connectivity index (χ0n) is 10.3. The standard InChI is InChI=1S/C13H17N3O/c1-9-7-11-12(14-8-9)16-6-4-3-5-10(16)13(17)15(11)2/h7-8,10H,3-6H2,1-2H3. The van der Waals surface area contributed by atoms with Crippen LogP contribution in [0.3, 0.4) is 0 Å². The highest BCUT2D eigenvalue weighted by Gasteiger charge is 2.38. The number of pyridine rings is 1. The molecule has 4 heteroatoms. The fraction of sp³-hybridized carbons (Fsp3) is 0.538. The number of amides is 1. The molecule has 0 bridgehead atoms. The highest BCUT2D eigenvalue weighted by Crippen LogP contribution is 2.37. The van der Waals surface area contributed by atoms with Crippen molar-refractivity contribution in [2.45, 2.75) is 32.2 Å². The van der Waals surface area contributed by atoms with E-state index in [4.69, 9.17) is 0 Å². The Hall–Kier alpha value is -1.58. The molecule has 1 unspecified atom stereocenters. The number of rotatable bonds is 0. The zero-order chi connectivity index (χ0) is 12.0. The van der Waals surface area contributed by atoms with Crippen LogP contribution in [-0.2, 0) is 4.79 Å². The summed E-state index contributed by atoms with van der Waals surface area (Å²) in [6, 6.07) is 2.06. The first-order valence-electron chi connectivity index (χ1n) is 6.19. The van der Waals surface area contributed by atoms with E-state index in [0.717, 1.165) is 42.9 Å². The van der Waals surface area contributed by atoms with Gasteiger partial charge in [0.15, 0.2) is 5.82 Å².